The van der Waals surface area contributed by atoms with Crippen molar-refractivity contribution in [3.8, 4) is 0 Å². The van der Waals surface area contributed by atoms with Crippen LogP contribution in [0.15, 0.2) is 10.6 Å². The molecule has 1 rings (SSSR count). The van der Waals surface area contributed by atoms with Gasteiger partial charge in [0, 0.05) is 12.5 Å². The van der Waals surface area contributed by atoms with Crippen molar-refractivity contribution in [1.29, 1.82) is 0 Å². The fourth-order valence-electron chi connectivity index (χ4n) is 1.25. The molecule has 0 aliphatic carbocycles. The van der Waals surface area contributed by atoms with Crippen molar-refractivity contribution in [3.63, 3.8) is 0 Å². The summed E-state index contributed by atoms with van der Waals surface area (Å²) in [6.07, 6.45) is 2.37. The Kier molecular flexibility index (Phi) is 4.30. The number of hydrogen-bond donors (Lipinski definition) is 2. The third-order valence-corrected chi connectivity index (χ3v) is 2.23. The maximum atomic E-state index is 11.5. The lowest BCUT2D eigenvalue weighted by Gasteiger charge is -2.11. The maximum Gasteiger partial charge on any atom is 0.224 e. The summed E-state index contributed by atoms with van der Waals surface area (Å²) in [6.45, 7) is 4.44. The highest BCUT2D eigenvalue weighted by Gasteiger charge is 2.14. The number of nitrogens with two attached hydrogens (primary N) is 1. The summed E-state index contributed by atoms with van der Waals surface area (Å²) >= 11 is 0. The van der Waals surface area contributed by atoms with Gasteiger partial charge >= 0.3 is 0 Å². The first-order chi connectivity index (χ1) is 7.17. The molecule has 84 valence electrons. The molecule has 0 saturated carbocycles. The van der Waals surface area contributed by atoms with E-state index in [4.69, 9.17) is 10.2 Å². The Bertz CT molecular complexity index is 318. The van der Waals surface area contributed by atoms with Crippen molar-refractivity contribution in [2.45, 2.75) is 26.8 Å². The Morgan fingerprint density at radius 3 is 2.93 bits per heavy atom. The van der Waals surface area contributed by atoms with E-state index in [2.05, 4.69) is 10.3 Å². The Hall–Kier alpha value is -1.36. The summed E-state index contributed by atoms with van der Waals surface area (Å²) in [4.78, 5) is 15.5. The van der Waals surface area contributed by atoms with Crippen molar-refractivity contribution in [3.05, 3.63) is 17.8 Å². The molecular weight excluding hydrogens is 194 g/mol. The normalized spacial score (nSPS) is 12.5. The van der Waals surface area contributed by atoms with Crippen LogP contribution in [0.3, 0.4) is 0 Å². The van der Waals surface area contributed by atoms with E-state index in [0.717, 1.165) is 12.2 Å². The molecule has 1 heterocycles. The van der Waals surface area contributed by atoms with Gasteiger partial charge in [-0.05, 0) is 13.3 Å². The van der Waals surface area contributed by atoms with Crippen LogP contribution in [0.25, 0.3) is 0 Å². The van der Waals surface area contributed by atoms with Crippen molar-refractivity contribution >= 4 is 5.91 Å². The smallest absolute Gasteiger partial charge is 0.224 e. The Morgan fingerprint density at radius 2 is 2.47 bits per heavy atom. The minimum absolute atomic E-state index is 0.0455. The summed E-state index contributed by atoms with van der Waals surface area (Å²) in [5, 5.41) is 2.74. The highest BCUT2D eigenvalue weighted by atomic mass is 16.4. The van der Waals surface area contributed by atoms with E-state index in [1.165, 1.54) is 0 Å². The minimum Gasteiger partial charge on any atom is -0.444 e. The third-order valence-electron chi connectivity index (χ3n) is 2.23. The van der Waals surface area contributed by atoms with E-state index in [1.54, 1.807) is 6.20 Å². The first kappa shape index (κ1) is 11.7. The molecule has 1 atom stereocenters. The number of aryl methyl sites for hydroxylation is 1. The summed E-state index contributed by atoms with van der Waals surface area (Å²) in [5.74, 6) is 1.09. The number of carbonyl (C=O) groups excluding carboxylic acids is 1. The lowest BCUT2D eigenvalue weighted by atomic mass is 10.1. The predicted octanol–water partition coefficient (Wildman–Crippen LogP) is 0.584. The second-order valence-electron chi connectivity index (χ2n) is 3.42. The molecule has 1 aromatic heterocycles. The van der Waals surface area contributed by atoms with Crippen molar-refractivity contribution < 1.29 is 9.21 Å². The molecular formula is C10H17N3O2. The molecule has 0 fully saturated rings. The quantitative estimate of drug-likeness (QED) is 0.746. The average molecular weight is 211 g/mol. The van der Waals surface area contributed by atoms with E-state index in [0.29, 0.717) is 19.0 Å². The maximum absolute atomic E-state index is 11.5. The van der Waals surface area contributed by atoms with Gasteiger partial charge in [0.1, 0.15) is 5.76 Å². The number of rotatable bonds is 5. The van der Waals surface area contributed by atoms with Crippen LogP contribution in [0.4, 0.5) is 0 Å². The van der Waals surface area contributed by atoms with E-state index in [9.17, 15) is 4.79 Å². The number of nitrogens with one attached hydrogen (secondary N) is 1. The average Bonchev–Trinajstić information content (AvgIpc) is 2.63. The second kappa shape index (κ2) is 5.50. The zero-order valence-electron chi connectivity index (χ0n) is 9.12. The molecule has 15 heavy (non-hydrogen) atoms. The van der Waals surface area contributed by atoms with Crippen molar-refractivity contribution in [2.24, 2.45) is 11.7 Å². The number of oxazole rings is 1. The first-order valence-corrected chi connectivity index (χ1v) is 5.06. The van der Waals surface area contributed by atoms with Crippen molar-refractivity contribution in [1.82, 2.24) is 10.3 Å². The Balaban J connectivity index is 2.40. The van der Waals surface area contributed by atoms with Gasteiger partial charge in [0.2, 0.25) is 11.8 Å². The number of carbonyl (C=O) groups is 1. The molecule has 0 aliphatic rings. The SMILES string of the molecule is CCC(CN)C(=O)NCc1ncc(C)o1. The highest BCUT2D eigenvalue weighted by molar-refractivity contribution is 5.78. The molecule has 0 aromatic carbocycles. The van der Waals surface area contributed by atoms with E-state index >= 15 is 0 Å². The van der Waals surface area contributed by atoms with Gasteiger partial charge in [-0.3, -0.25) is 4.79 Å². The van der Waals surface area contributed by atoms with Gasteiger partial charge in [0.15, 0.2) is 0 Å². The van der Waals surface area contributed by atoms with Gasteiger partial charge in [-0.25, -0.2) is 4.98 Å². The van der Waals surface area contributed by atoms with Gasteiger partial charge < -0.3 is 15.5 Å². The zero-order valence-corrected chi connectivity index (χ0v) is 9.12. The lowest BCUT2D eigenvalue weighted by molar-refractivity contribution is -0.125. The molecule has 5 heteroatoms. The predicted molar refractivity (Wildman–Crippen MR) is 55.9 cm³/mol. The minimum atomic E-state index is -0.124. The Labute approximate surface area is 89.1 Å². The first-order valence-electron chi connectivity index (χ1n) is 5.06. The highest BCUT2D eigenvalue weighted by Crippen LogP contribution is 2.03. The van der Waals surface area contributed by atoms with Crippen LogP contribution < -0.4 is 11.1 Å². The summed E-state index contributed by atoms with van der Waals surface area (Å²) in [5.41, 5.74) is 5.46. The standard InChI is InChI=1S/C10H17N3O2/c1-3-8(4-11)10(14)13-6-9-12-5-7(2)15-9/h5,8H,3-4,6,11H2,1-2H3,(H,13,14). The number of aromatic nitrogens is 1. The molecule has 5 nitrogen and oxygen atoms in total. The summed E-state index contributed by atoms with van der Waals surface area (Å²) in [6, 6.07) is 0. The molecule has 3 N–H and O–H groups in total. The molecule has 1 amide bonds. The van der Waals surface area contributed by atoms with Gasteiger partial charge in [-0.2, -0.15) is 0 Å². The van der Waals surface area contributed by atoms with E-state index in [1.807, 2.05) is 13.8 Å². The third kappa shape index (κ3) is 3.36. The van der Waals surface area contributed by atoms with Gasteiger partial charge in [0.05, 0.1) is 12.7 Å². The molecule has 0 saturated heterocycles. The zero-order chi connectivity index (χ0) is 11.3. The number of amides is 1. The van der Waals surface area contributed by atoms with Crippen LogP contribution in [-0.4, -0.2) is 17.4 Å². The molecule has 0 radical (unpaired) electrons. The number of hydrogen-bond acceptors (Lipinski definition) is 4. The monoisotopic (exact) mass is 211 g/mol. The lowest BCUT2D eigenvalue weighted by Crippen LogP contribution is -2.34. The van der Waals surface area contributed by atoms with Gasteiger partial charge in [-0.1, -0.05) is 6.92 Å². The number of nitrogens with zero attached hydrogens (tertiary/aromatic N) is 1. The van der Waals surface area contributed by atoms with Crippen molar-refractivity contribution in [2.75, 3.05) is 6.54 Å². The van der Waals surface area contributed by atoms with Crippen LogP contribution in [0.2, 0.25) is 0 Å². The summed E-state index contributed by atoms with van der Waals surface area (Å²) in [7, 11) is 0. The summed E-state index contributed by atoms with van der Waals surface area (Å²) < 4.78 is 5.22. The molecule has 0 spiro atoms. The molecule has 0 aliphatic heterocycles. The largest absolute Gasteiger partial charge is 0.444 e. The molecule has 1 aromatic rings. The van der Waals surface area contributed by atoms with Crippen LogP contribution in [-0.2, 0) is 11.3 Å². The van der Waals surface area contributed by atoms with E-state index in [-0.39, 0.29) is 11.8 Å². The van der Waals surface area contributed by atoms with Gasteiger partial charge in [-0.15, -0.1) is 0 Å². The molecule has 1 unspecified atom stereocenters. The fraction of sp³-hybridized carbons (Fsp3) is 0.600. The van der Waals surface area contributed by atoms with Crippen LogP contribution in [0, 0.1) is 12.8 Å². The van der Waals surface area contributed by atoms with Gasteiger partial charge in [0.25, 0.3) is 0 Å². The van der Waals surface area contributed by atoms with Crippen LogP contribution in [0.1, 0.15) is 25.0 Å². The fourth-order valence-corrected chi connectivity index (χ4v) is 1.25. The van der Waals surface area contributed by atoms with Crippen LogP contribution in [0.5, 0.6) is 0 Å². The molecule has 0 bridgehead atoms. The van der Waals surface area contributed by atoms with Crippen LogP contribution >= 0.6 is 0 Å². The Morgan fingerprint density at radius 1 is 1.73 bits per heavy atom. The second-order valence-corrected chi connectivity index (χ2v) is 3.42. The van der Waals surface area contributed by atoms with E-state index < -0.39 is 0 Å². The topological polar surface area (TPSA) is 81.2 Å².